The van der Waals surface area contributed by atoms with Gasteiger partial charge in [0.2, 0.25) is 0 Å². The van der Waals surface area contributed by atoms with Gasteiger partial charge in [-0.15, -0.1) is 0 Å². The molecule has 8 nitrogen and oxygen atoms in total. The van der Waals surface area contributed by atoms with Crippen molar-refractivity contribution < 1.29 is 23.1 Å². The molecule has 2 aromatic rings. The van der Waals surface area contributed by atoms with Crippen molar-refractivity contribution in [3.8, 4) is 0 Å². The number of aromatic nitrogens is 2. The second-order valence-electron chi connectivity index (χ2n) is 4.45. The Hall–Kier alpha value is -1.97. The van der Waals surface area contributed by atoms with Gasteiger partial charge in [0.25, 0.3) is 10.0 Å². The van der Waals surface area contributed by atoms with Crippen molar-refractivity contribution in [3.05, 3.63) is 30.2 Å². The first-order chi connectivity index (χ1) is 9.85. The van der Waals surface area contributed by atoms with E-state index in [1.165, 1.54) is 43.1 Å². The van der Waals surface area contributed by atoms with Gasteiger partial charge in [-0.1, -0.05) is 0 Å². The van der Waals surface area contributed by atoms with Gasteiger partial charge in [-0.05, 0) is 19.1 Å². The highest BCUT2D eigenvalue weighted by atomic mass is 32.2. The van der Waals surface area contributed by atoms with Gasteiger partial charge in [-0.3, -0.25) is 0 Å². The molecule has 9 heteroatoms. The molecule has 2 N–H and O–H groups in total. The molecule has 0 amide bonds. The lowest BCUT2D eigenvalue weighted by atomic mass is 10.3. The number of fused-ring (bicyclic) bond motifs is 1. The first-order valence-corrected chi connectivity index (χ1v) is 7.56. The molecule has 0 radical (unpaired) electrons. The number of hydrogen-bond donors (Lipinski definition) is 2. The largest absolute Gasteiger partial charge is 0.465 e. The Morgan fingerprint density at radius 1 is 1.52 bits per heavy atom. The van der Waals surface area contributed by atoms with E-state index in [1.54, 1.807) is 0 Å². The van der Waals surface area contributed by atoms with Crippen LogP contribution in [0.3, 0.4) is 0 Å². The molecule has 2 heterocycles. The lowest BCUT2D eigenvalue weighted by Gasteiger charge is -2.07. The molecular formula is C12H15N3O5S. The van der Waals surface area contributed by atoms with Crippen molar-refractivity contribution in [1.82, 2.24) is 14.1 Å². The Balaban J connectivity index is 2.41. The standard InChI is InChI=1S/C12H15N3O5S/c1-8(16)5-14-21(18,19)11-10-4-3-9(12(17)20-2)6-15(10)7-13-11/h3-4,6-8,14,16H,5H2,1-2H3/t8-/m1/s1. The van der Waals surface area contributed by atoms with E-state index in [0.717, 1.165) is 0 Å². The monoisotopic (exact) mass is 313 g/mol. The minimum atomic E-state index is -3.84. The van der Waals surface area contributed by atoms with Crippen molar-refractivity contribution in [2.24, 2.45) is 0 Å². The van der Waals surface area contributed by atoms with Crippen molar-refractivity contribution in [2.45, 2.75) is 18.1 Å². The van der Waals surface area contributed by atoms with Crippen LogP contribution in [0, 0.1) is 0 Å². The zero-order valence-corrected chi connectivity index (χ0v) is 12.3. The summed E-state index contributed by atoms with van der Waals surface area (Å²) in [5.74, 6) is -0.526. The predicted octanol–water partition coefficient (Wildman–Crippen LogP) is -0.220. The fourth-order valence-electron chi connectivity index (χ4n) is 1.72. The van der Waals surface area contributed by atoms with Crippen molar-refractivity contribution in [1.29, 1.82) is 0 Å². The molecular weight excluding hydrogens is 298 g/mol. The van der Waals surface area contributed by atoms with Crippen LogP contribution in [0.5, 0.6) is 0 Å². The Kier molecular flexibility index (Phi) is 4.26. The number of aliphatic hydroxyl groups excluding tert-OH is 1. The van der Waals surface area contributed by atoms with Crippen LogP contribution in [0.2, 0.25) is 0 Å². The van der Waals surface area contributed by atoms with E-state index in [2.05, 4.69) is 14.4 Å². The number of methoxy groups -OCH3 is 1. The van der Waals surface area contributed by atoms with E-state index < -0.39 is 22.1 Å². The molecule has 0 fully saturated rings. The summed E-state index contributed by atoms with van der Waals surface area (Å²) in [4.78, 5) is 15.3. The SMILES string of the molecule is COC(=O)c1ccc2c(S(=O)(=O)NC[C@@H](C)O)ncn2c1. The number of aliphatic hydroxyl groups is 1. The van der Waals surface area contributed by atoms with Gasteiger partial charge in [-0.25, -0.2) is 22.9 Å². The second-order valence-corrected chi connectivity index (χ2v) is 6.13. The fourth-order valence-corrected chi connectivity index (χ4v) is 2.95. The summed E-state index contributed by atoms with van der Waals surface area (Å²) in [7, 11) is -2.58. The molecule has 0 spiro atoms. The highest BCUT2D eigenvalue weighted by Crippen LogP contribution is 2.16. The van der Waals surface area contributed by atoms with Crippen LogP contribution in [-0.4, -0.2) is 48.6 Å². The molecule has 1 atom stereocenters. The van der Waals surface area contributed by atoms with Gasteiger partial charge in [0.15, 0.2) is 5.03 Å². The second kappa shape index (κ2) is 5.80. The number of ether oxygens (including phenoxy) is 1. The molecule has 0 aliphatic carbocycles. The lowest BCUT2D eigenvalue weighted by Crippen LogP contribution is -2.31. The molecule has 0 aliphatic rings. The summed E-state index contributed by atoms with van der Waals surface area (Å²) in [6.45, 7) is 1.36. The number of carbonyl (C=O) groups is 1. The van der Waals surface area contributed by atoms with Crippen LogP contribution in [0.4, 0.5) is 0 Å². The van der Waals surface area contributed by atoms with E-state index in [0.29, 0.717) is 5.52 Å². The van der Waals surface area contributed by atoms with Crippen LogP contribution in [-0.2, 0) is 14.8 Å². The van der Waals surface area contributed by atoms with Crippen LogP contribution < -0.4 is 4.72 Å². The lowest BCUT2D eigenvalue weighted by molar-refractivity contribution is 0.0600. The van der Waals surface area contributed by atoms with E-state index in [9.17, 15) is 13.2 Å². The van der Waals surface area contributed by atoms with Gasteiger partial charge in [-0.2, -0.15) is 0 Å². The fraction of sp³-hybridized carbons (Fsp3) is 0.333. The number of imidazole rings is 1. The van der Waals surface area contributed by atoms with Crippen molar-refractivity contribution >= 4 is 21.5 Å². The Labute approximate surface area is 121 Å². The average molecular weight is 313 g/mol. The summed E-state index contributed by atoms with van der Waals surface area (Å²) >= 11 is 0. The number of sulfonamides is 1. The Morgan fingerprint density at radius 2 is 2.24 bits per heavy atom. The molecule has 114 valence electrons. The number of hydrogen-bond acceptors (Lipinski definition) is 6. The molecule has 0 aliphatic heterocycles. The van der Waals surface area contributed by atoms with Gasteiger partial charge in [0.05, 0.1) is 24.3 Å². The van der Waals surface area contributed by atoms with Gasteiger partial charge >= 0.3 is 5.97 Å². The normalized spacial score (nSPS) is 13.3. The van der Waals surface area contributed by atoms with Crippen molar-refractivity contribution in [2.75, 3.05) is 13.7 Å². The first kappa shape index (κ1) is 15.4. The number of rotatable bonds is 5. The van der Waals surface area contributed by atoms with Crippen molar-refractivity contribution in [3.63, 3.8) is 0 Å². The van der Waals surface area contributed by atoms with E-state index in [-0.39, 0.29) is 17.1 Å². The molecule has 0 unspecified atom stereocenters. The van der Waals surface area contributed by atoms with Crippen LogP contribution >= 0.6 is 0 Å². The third-order valence-corrected chi connectivity index (χ3v) is 4.11. The highest BCUT2D eigenvalue weighted by Gasteiger charge is 2.21. The molecule has 0 saturated heterocycles. The van der Waals surface area contributed by atoms with Gasteiger partial charge < -0.3 is 14.2 Å². The van der Waals surface area contributed by atoms with Crippen LogP contribution in [0.1, 0.15) is 17.3 Å². The molecule has 0 bridgehead atoms. The number of carbonyl (C=O) groups excluding carboxylic acids is 1. The summed E-state index contributed by atoms with van der Waals surface area (Å²) in [6.07, 6.45) is 1.92. The summed E-state index contributed by atoms with van der Waals surface area (Å²) < 4.78 is 32.5. The zero-order chi connectivity index (χ0) is 15.6. The minimum absolute atomic E-state index is 0.110. The predicted molar refractivity (Wildman–Crippen MR) is 73.4 cm³/mol. The summed E-state index contributed by atoms with van der Waals surface area (Å²) in [5, 5.41) is 8.98. The number of pyridine rings is 1. The number of nitrogens with one attached hydrogen (secondary N) is 1. The smallest absolute Gasteiger partial charge is 0.339 e. The van der Waals surface area contributed by atoms with Gasteiger partial charge in [0.1, 0.15) is 6.33 Å². The van der Waals surface area contributed by atoms with Crippen LogP contribution in [0.15, 0.2) is 29.7 Å². The maximum Gasteiger partial charge on any atom is 0.339 e. The number of nitrogens with zero attached hydrogens (tertiary/aromatic N) is 2. The molecule has 21 heavy (non-hydrogen) atoms. The average Bonchev–Trinajstić information content (AvgIpc) is 2.88. The van der Waals surface area contributed by atoms with Crippen LogP contribution in [0.25, 0.3) is 5.52 Å². The summed E-state index contributed by atoms with van der Waals surface area (Å²) in [5.41, 5.74) is 0.601. The number of esters is 1. The topological polar surface area (TPSA) is 110 Å². The van der Waals surface area contributed by atoms with Gasteiger partial charge in [0, 0.05) is 12.7 Å². The summed E-state index contributed by atoms with van der Waals surface area (Å²) in [6, 6.07) is 2.92. The quantitative estimate of drug-likeness (QED) is 0.739. The van der Waals surface area contributed by atoms with E-state index >= 15 is 0 Å². The van der Waals surface area contributed by atoms with E-state index in [4.69, 9.17) is 5.11 Å². The highest BCUT2D eigenvalue weighted by molar-refractivity contribution is 7.89. The Bertz CT molecular complexity index is 766. The minimum Gasteiger partial charge on any atom is -0.465 e. The molecule has 0 aromatic carbocycles. The zero-order valence-electron chi connectivity index (χ0n) is 11.5. The maximum absolute atomic E-state index is 12.1. The Morgan fingerprint density at radius 3 is 2.86 bits per heavy atom. The maximum atomic E-state index is 12.1. The molecule has 2 aromatic heterocycles. The molecule has 0 saturated carbocycles. The first-order valence-electron chi connectivity index (χ1n) is 6.08. The molecule has 2 rings (SSSR count). The van der Waals surface area contributed by atoms with E-state index in [1.807, 2.05) is 0 Å². The third-order valence-electron chi connectivity index (χ3n) is 2.74. The third kappa shape index (κ3) is 3.20.